The molecule has 0 radical (unpaired) electrons. The smallest absolute Gasteiger partial charge is 0.325 e. The van der Waals surface area contributed by atoms with Gasteiger partial charge in [0.2, 0.25) is 5.91 Å². The molecule has 0 unspecified atom stereocenters. The second kappa shape index (κ2) is 7.64. The molecule has 1 saturated heterocycles. The van der Waals surface area contributed by atoms with Crippen LogP contribution in [0.3, 0.4) is 0 Å². The number of aromatic nitrogens is 1. The normalized spacial score (nSPS) is 24.8. The Bertz CT molecular complexity index is 1070. The standard InChI is InChI=1S/C22H24N4O4S/c1-13-4-2-3-8-22(13)19(28)26(21(29)25-22)11-18(27)24-20-23-16(12-31-20)14-5-6-17-15(10-14)7-9-30-17/h5-6,10,12-13H,2-4,7-9,11H2,1H3,(H,25,29)(H,23,24,27)/t13-,22+/m0/s1. The maximum absolute atomic E-state index is 13.0. The minimum absolute atomic E-state index is 0.0602. The number of nitrogens with zero attached hydrogens (tertiary/aromatic N) is 2. The largest absolute Gasteiger partial charge is 0.493 e. The topological polar surface area (TPSA) is 101 Å². The van der Waals surface area contributed by atoms with Gasteiger partial charge in [-0.1, -0.05) is 19.8 Å². The zero-order valence-corrected chi connectivity index (χ0v) is 18.1. The number of carbonyl (C=O) groups excluding carboxylic acids is 3. The fourth-order valence-electron chi connectivity index (χ4n) is 4.75. The summed E-state index contributed by atoms with van der Waals surface area (Å²) in [7, 11) is 0. The van der Waals surface area contributed by atoms with Gasteiger partial charge in [-0.05, 0) is 42.5 Å². The molecule has 2 atom stereocenters. The van der Waals surface area contributed by atoms with Crippen LogP contribution in [0.15, 0.2) is 23.6 Å². The van der Waals surface area contributed by atoms with Crippen LogP contribution in [0.25, 0.3) is 11.3 Å². The first kappa shape index (κ1) is 20.0. The van der Waals surface area contributed by atoms with Gasteiger partial charge in [0.05, 0.1) is 12.3 Å². The molecule has 1 spiro atoms. The Morgan fingerprint density at radius 1 is 1.39 bits per heavy atom. The fraction of sp³-hybridized carbons (Fsp3) is 0.455. The highest BCUT2D eigenvalue weighted by atomic mass is 32.1. The van der Waals surface area contributed by atoms with Crippen LogP contribution >= 0.6 is 11.3 Å². The van der Waals surface area contributed by atoms with Gasteiger partial charge < -0.3 is 15.4 Å². The summed E-state index contributed by atoms with van der Waals surface area (Å²) < 4.78 is 5.54. The van der Waals surface area contributed by atoms with E-state index in [1.807, 2.05) is 24.4 Å². The molecule has 1 aliphatic carbocycles. The molecule has 1 saturated carbocycles. The van der Waals surface area contributed by atoms with Gasteiger partial charge >= 0.3 is 6.03 Å². The van der Waals surface area contributed by atoms with E-state index in [4.69, 9.17) is 4.74 Å². The molecular weight excluding hydrogens is 416 g/mol. The molecule has 162 valence electrons. The van der Waals surface area contributed by atoms with Crippen molar-refractivity contribution in [3.05, 3.63) is 29.1 Å². The van der Waals surface area contributed by atoms with Gasteiger partial charge in [-0.2, -0.15) is 0 Å². The fourth-order valence-corrected chi connectivity index (χ4v) is 5.49. The van der Waals surface area contributed by atoms with Crippen molar-refractivity contribution in [2.75, 3.05) is 18.5 Å². The lowest BCUT2D eigenvalue weighted by Crippen LogP contribution is -2.54. The Labute approximate surface area is 184 Å². The van der Waals surface area contributed by atoms with Crippen molar-refractivity contribution in [3.63, 3.8) is 0 Å². The highest BCUT2D eigenvalue weighted by Gasteiger charge is 2.55. The van der Waals surface area contributed by atoms with Crippen molar-refractivity contribution in [1.29, 1.82) is 0 Å². The molecule has 1 aromatic carbocycles. The highest BCUT2D eigenvalue weighted by Crippen LogP contribution is 2.38. The van der Waals surface area contributed by atoms with Crippen molar-refractivity contribution in [1.82, 2.24) is 15.2 Å². The van der Waals surface area contributed by atoms with Gasteiger partial charge in [0.25, 0.3) is 5.91 Å². The minimum Gasteiger partial charge on any atom is -0.493 e. The lowest BCUT2D eigenvalue weighted by Gasteiger charge is -2.36. The number of imide groups is 1. The van der Waals surface area contributed by atoms with Gasteiger partial charge in [0.15, 0.2) is 5.13 Å². The molecule has 3 aliphatic rings. The SMILES string of the molecule is C[C@H]1CCCC[C@@]12NC(=O)N(CC(=O)Nc1nc(-c3ccc4c(c3)CCO4)cs1)C2=O. The predicted octanol–water partition coefficient (Wildman–Crippen LogP) is 3.18. The van der Waals surface area contributed by atoms with E-state index in [0.717, 1.165) is 53.2 Å². The number of carbonyl (C=O) groups is 3. The minimum atomic E-state index is -0.860. The molecule has 2 aliphatic heterocycles. The number of anilines is 1. The summed E-state index contributed by atoms with van der Waals surface area (Å²) in [5, 5.41) is 7.90. The highest BCUT2D eigenvalue weighted by molar-refractivity contribution is 7.14. The predicted molar refractivity (Wildman–Crippen MR) is 116 cm³/mol. The molecule has 2 N–H and O–H groups in total. The van der Waals surface area contributed by atoms with Crippen LogP contribution in [-0.2, 0) is 16.0 Å². The first-order valence-electron chi connectivity index (χ1n) is 10.6. The number of rotatable bonds is 4. The van der Waals surface area contributed by atoms with Crippen molar-refractivity contribution < 1.29 is 19.1 Å². The van der Waals surface area contributed by atoms with Crippen molar-refractivity contribution in [2.24, 2.45) is 5.92 Å². The van der Waals surface area contributed by atoms with E-state index in [-0.39, 0.29) is 18.4 Å². The van der Waals surface area contributed by atoms with E-state index in [9.17, 15) is 14.4 Å². The number of hydrogen-bond donors (Lipinski definition) is 2. The lowest BCUT2D eigenvalue weighted by molar-refractivity contribution is -0.136. The Morgan fingerprint density at radius 3 is 3.10 bits per heavy atom. The van der Waals surface area contributed by atoms with E-state index in [2.05, 4.69) is 21.7 Å². The molecule has 3 heterocycles. The van der Waals surface area contributed by atoms with Crippen LogP contribution in [0.4, 0.5) is 9.93 Å². The summed E-state index contributed by atoms with van der Waals surface area (Å²) in [4.78, 5) is 43.6. The van der Waals surface area contributed by atoms with Crippen LogP contribution in [0.1, 0.15) is 38.2 Å². The summed E-state index contributed by atoms with van der Waals surface area (Å²) in [5.74, 6) is 0.239. The number of ether oxygens (including phenoxy) is 1. The van der Waals surface area contributed by atoms with E-state index in [1.54, 1.807) is 0 Å². The number of nitrogens with one attached hydrogen (secondary N) is 2. The lowest BCUT2D eigenvalue weighted by atomic mass is 9.73. The molecule has 4 amide bonds. The van der Waals surface area contributed by atoms with Crippen molar-refractivity contribution in [2.45, 2.75) is 44.6 Å². The Hall–Kier alpha value is -2.94. The van der Waals surface area contributed by atoms with Crippen LogP contribution < -0.4 is 15.4 Å². The summed E-state index contributed by atoms with van der Waals surface area (Å²) in [5.41, 5.74) is 2.02. The van der Waals surface area contributed by atoms with Gasteiger partial charge in [0.1, 0.15) is 17.8 Å². The molecule has 5 rings (SSSR count). The first-order chi connectivity index (χ1) is 15.0. The molecule has 1 aromatic heterocycles. The van der Waals surface area contributed by atoms with Crippen molar-refractivity contribution in [3.8, 4) is 17.0 Å². The zero-order valence-electron chi connectivity index (χ0n) is 17.3. The summed E-state index contributed by atoms with van der Waals surface area (Å²) in [6, 6.07) is 5.45. The number of benzene rings is 1. The van der Waals surface area contributed by atoms with Gasteiger partial charge in [-0.15, -0.1) is 11.3 Å². The van der Waals surface area contributed by atoms with E-state index >= 15 is 0 Å². The van der Waals surface area contributed by atoms with E-state index in [1.165, 1.54) is 11.3 Å². The number of urea groups is 1. The van der Waals surface area contributed by atoms with Gasteiger partial charge in [0, 0.05) is 17.4 Å². The molecular formula is C22H24N4O4S. The van der Waals surface area contributed by atoms with Crippen LogP contribution in [0.2, 0.25) is 0 Å². The molecule has 0 bridgehead atoms. The van der Waals surface area contributed by atoms with Crippen LogP contribution in [0.5, 0.6) is 5.75 Å². The zero-order chi connectivity index (χ0) is 21.6. The average Bonchev–Trinajstić information content (AvgIpc) is 3.46. The van der Waals surface area contributed by atoms with E-state index < -0.39 is 17.5 Å². The van der Waals surface area contributed by atoms with Crippen LogP contribution in [0, 0.1) is 5.92 Å². The number of thiazole rings is 1. The maximum Gasteiger partial charge on any atom is 0.325 e. The second-order valence-electron chi connectivity index (χ2n) is 8.45. The Kier molecular flexibility index (Phi) is 4.92. The third-order valence-corrected chi connectivity index (χ3v) is 7.30. The third-order valence-electron chi connectivity index (χ3n) is 6.54. The molecule has 9 heteroatoms. The Morgan fingerprint density at radius 2 is 2.26 bits per heavy atom. The average molecular weight is 441 g/mol. The molecule has 2 fully saturated rings. The number of fused-ring (bicyclic) bond motifs is 1. The second-order valence-corrected chi connectivity index (χ2v) is 9.30. The number of amides is 4. The number of hydrogen-bond acceptors (Lipinski definition) is 6. The summed E-state index contributed by atoms with van der Waals surface area (Å²) in [6.45, 7) is 2.37. The first-order valence-corrected chi connectivity index (χ1v) is 11.5. The Balaban J connectivity index is 1.25. The summed E-state index contributed by atoms with van der Waals surface area (Å²) in [6.07, 6.45) is 4.34. The summed E-state index contributed by atoms with van der Waals surface area (Å²) >= 11 is 1.31. The molecule has 8 nitrogen and oxygen atoms in total. The third kappa shape index (κ3) is 3.46. The monoisotopic (exact) mass is 440 g/mol. The van der Waals surface area contributed by atoms with Crippen molar-refractivity contribution >= 4 is 34.3 Å². The quantitative estimate of drug-likeness (QED) is 0.711. The van der Waals surface area contributed by atoms with Gasteiger partial charge in [-0.25, -0.2) is 9.78 Å². The van der Waals surface area contributed by atoms with Gasteiger partial charge in [-0.3, -0.25) is 14.5 Å². The molecule has 2 aromatic rings. The van der Waals surface area contributed by atoms with E-state index in [0.29, 0.717) is 18.2 Å². The maximum atomic E-state index is 13.0. The van der Waals surface area contributed by atoms with Crippen LogP contribution in [-0.4, -0.2) is 46.4 Å². The molecule has 31 heavy (non-hydrogen) atoms.